The third kappa shape index (κ3) is 7.24. The molecule has 0 aliphatic carbocycles. The minimum Gasteiger partial charge on any atom is -0.430 e. The number of ketones is 1. The molecule has 10 heteroatoms. The van der Waals surface area contributed by atoms with E-state index in [0.717, 1.165) is 5.44 Å². The van der Waals surface area contributed by atoms with Crippen molar-refractivity contribution in [1.82, 2.24) is 4.98 Å². The predicted molar refractivity (Wildman–Crippen MR) is 150 cm³/mol. The van der Waals surface area contributed by atoms with Crippen molar-refractivity contribution in [3.63, 3.8) is 0 Å². The van der Waals surface area contributed by atoms with Gasteiger partial charge in [0.25, 0.3) is 5.44 Å². The molecule has 5 rings (SSSR count). The van der Waals surface area contributed by atoms with Crippen LogP contribution in [0.1, 0.15) is 16.2 Å². The summed E-state index contributed by atoms with van der Waals surface area (Å²) in [4.78, 5) is 17.9. The topological polar surface area (TPSA) is 133 Å². The van der Waals surface area contributed by atoms with E-state index in [1.807, 2.05) is 55.5 Å². The number of oxazole rings is 1. The van der Waals surface area contributed by atoms with Crippen LogP contribution >= 0.6 is 19.0 Å². The zero-order valence-corrected chi connectivity index (χ0v) is 23.9. The predicted octanol–water partition coefficient (Wildman–Crippen LogP) is 1.45. The van der Waals surface area contributed by atoms with E-state index in [1.165, 1.54) is 27.7 Å². The van der Waals surface area contributed by atoms with Gasteiger partial charge in [0.15, 0.2) is 18.9 Å². The highest BCUT2D eigenvalue weighted by molar-refractivity contribution is 8.04. The molecule has 0 radical (unpaired) electrons. The van der Waals surface area contributed by atoms with E-state index in [4.69, 9.17) is 28.0 Å². The maximum atomic E-state index is 12.9. The standard InChI is InChI=1S/C30H25NO2PS.ClHO4/c1-23-31-29(30(33-23)35-22-28(32)24-14-6-2-7-15-24)34(25-16-8-3-9-17-25,26-18-10-4-11-19-26)27-20-12-5-13-21-27;2-1(3,4)5/h2-21H,22H2,1H3;(H,2,3,4,5)/q+1;. The lowest BCUT2D eigenvalue weighted by Crippen LogP contribution is -2.58. The average Bonchev–Trinajstić information content (AvgIpc) is 3.34. The molecule has 0 fully saturated rings. The van der Waals surface area contributed by atoms with Gasteiger partial charge < -0.3 is 4.42 Å². The quantitative estimate of drug-likeness (QED) is 0.162. The Kier molecular flexibility index (Phi) is 9.90. The van der Waals surface area contributed by atoms with Crippen molar-refractivity contribution < 1.29 is 38.1 Å². The number of hydrogen-bond donors (Lipinski definition) is 1. The second-order valence-electron chi connectivity index (χ2n) is 8.50. The molecule has 204 valence electrons. The number of aryl methyl sites for hydroxylation is 1. The Bertz CT molecular complexity index is 1410. The Morgan fingerprint density at radius 2 is 1.15 bits per heavy atom. The summed E-state index contributed by atoms with van der Waals surface area (Å²) in [5.41, 5.74) is 1.61. The van der Waals surface area contributed by atoms with Gasteiger partial charge in [0.05, 0.1) is 20.7 Å². The Hall–Kier alpha value is -3.33. The van der Waals surface area contributed by atoms with Crippen LogP contribution in [0.25, 0.3) is 0 Å². The molecule has 4 aromatic carbocycles. The second kappa shape index (κ2) is 13.4. The summed E-state index contributed by atoms with van der Waals surface area (Å²) in [5.74, 6) is 0.949. The van der Waals surface area contributed by atoms with E-state index in [0.29, 0.717) is 16.5 Å². The molecule has 1 aromatic heterocycles. The Morgan fingerprint density at radius 1 is 0.775 bits per heavy atom. The molecule has 1 heterocycles. The van der Waals surface area contributed by atoms with Gasteiger partial charge in [-0.1, -0.05) is 96.7 Å². The first-order valence-corrected chi connectivity index (χ1v) is 16.1. The molecule has 0 bridgehead atoms. The summed E-state index contributed by atoms with van der Waals surface area (Å²) in [7, 11) is -7.09. The minimum absolute atomic E-state index is 0.0682. The Balaban J connectivity index is 0.000000681. The lowest BCUT2D eigenvalue weighted by atomic mass is 10.2. The molecule has 0 aliphatic rings. The van der Waals surface area contributed by atoms with Crippen molar-refractivity contribution >= 4 is 46.2 Å². The van der Waals surface area contributed by atoms with Crippen molar-refractivity contribution in [2.75, 3.05) is 5.75 Å². The smallest absolute Gasteiger partial charge is 0.250 e. The van der Waals surface area contributed by atoms with Gasteiger partial charge in [-0.2, -0.15) is 19.0 Å². The van der Waals surface area contributed by atoms with E-state index in [1.54, 1.807) is 0 Å². The highest BCUT2D eigenvalue weighted by Crippen LogP contribution is 2.55. The SMILES string of the molecule is Cc1nc([P+](c2ccccc2)(c2ccccc2)c2ccccc2)c(SCC(=O)c2ccccc2)o1.[O-][Cl+3]([O-])([O-])O. The van der Waals surface area contributed by atoms with Crippen molar-refractivity contribution in [2.45, 2.75) is 12.0 Å². The third-order valence-electron chi connectivity index (χ3n) is 5.86. The fourth-order valence-corrected chi connectivity index (χ4v) is 9.79. The van der Waals surface area contributed by atoms with Gasteiger partial charge in [-0.15, -0.1) is 0 Å². The Labute approximate surface area is 239 Å². The molecule has 40 heavy (non-hydrogen) atoms. The van der Waals surface area contributed by atoms with Crippen LogP contribution in [-0.4, -0.2) is 21.2 Å². The van der Waals surface area contributed by atoms with Crippen LogP contribution in [0, 0.1) is 17.2 Å². The van der Waals surface area contributed by atoms with Crippen LogP contribution in [0.3, 0.4) is 0 Å². The highest BCUT2D eigenvalue weighted by atomic mass is 35.7. The largest absolute Gasteiger partial charge is 0.430 e. The summed E-state index contributed by atoms with van der Waals surface area (Å²) < 4.78 is 38.9. The molecule has 0 unspecified atom stereocenters. The maximum absolute atomic E-state index is 12.9. The molecule has 0 spiro atoms. The van der Waals surface area contributed by atoms with Gasteiger partial charge in [-0.25, -0.2) is 0 Å². The lowest BCUT2D eigenvalue weighted by molar-refractivity contribution is -1.92. The molecular weight excluding hydrogens is 569 g/mol. The Morgan fingerprint density at radius 3 is 1.55 bits per heavy atom. The first-order valence-electron chi connectivity index (χ1n) is 12.1. The van der Waals surface area contributed by atoms with Crippen LogP contribution in [0.2, 0.25) is 0 Å². The van der Waals surface area contributed by atoms with Crippen molar-refractivity contribution in [1.29, 1.82) is 0 Å². The maximum Gasteiger partial charge on any atom is 0.250 e. The minimum atomic E-state index is -4.69. The number of hydrogen-bond acceptors (Lipinski definition) is 8. The molecule has 0 atom stereocenters. The average molecular weight is 595 g/mol. The monoisotopic (exact) mass is 594 g/mol. The number of nitrogens with zero attached hydrogens (tertiary/aromatic N) is 1. The molecular formula is C30H26ClNO6PS+. The van der Waals surface area contributed by atoms with Crippen LogP contribution in [0.15, 0.2) is 131 Å². The molecule has 7 nitrogen and oxygen atoms in total. The summed E-state index contributed by atoms with van der Waals surface area (Å²) in [6.07, 6.45) is 0. The van der Waals surface area contributed by atoms with Gasteiger partial charge in [-0.3, -0.25) is 4.79 Å². The van der Waals surface area contributed by atoms with Crippen molar-refractivity contribution in [3.8, 4) is 0 Å². The summed E-state index contributed by atoms with van der Waals surface area (Å²) in [6, 6.07) is 41.1. The van der Waals surface area contributed by atoms with E-state index in [2.05, 4.69) is 72.8 Å². The molecule has 0 saturated carbocycles. The third-order valence-corrected chi connectivity index (χ3v) is 11.1. The van der Waals surface area contributed by atoms with Gasteiger partial charge >= 0.3 is 0 Å². The summed E-state index contributed by atoms with van der Waals surface area (Å²) >= 11 is 1.43. The fraction of sp³-hybridized carbons (Fsp3) is 0.0667. The number of Topliss-reactive ketones (excluding diaryl/α,β-unsaturated/α-hetero) is 1. The lowest BCUT2D eigenvalue weighted by Gasteiger charge is -2.25. The number of thioether (sulfide) groups is 1. The highest BCUT2D eigenvalue weighted by Gasteiger charge is 2.52. The summed E-state index contributed by atoms with van der Waals surface area (Å²) in [5, 5.41) is 4.29. The van der Waals surface area contributed by atoms with E-state index < -0.39 is 17.5 Å². The molecule has 0 amide bonds. The molecule has 0 saturated heterocycles. The summed E-state index contributed by atoms with van der Waals surface area (Å²) in [6.45, 7) is 1.88. The van der Waals surface area contributed by atoms with Crippen molar-refractivity contribution in [3.05, 3.63) is 133 Å². The van der Waals surface area contributed by atoms with E-state index >= 15 is 0 Å². The zero-order chi connectivity index (χ0) is 28.6. The number of carbonyl (C=O) groups is 1. The van der Waals surface area contributed by atoms with Crippen LogP contribution in [-0.2, 0) is 0 Å². The van der Waals surface area contributed by atoms with Crippen molar-refractivity contribution in [2.24, 2.45) is 0 Å². The number of rotatable bonds is 8. The fourth-order valence-electron chi connectivity index (χ4n) is 4.31. The number of aromatic nitrogens is 1. The number of carbonyl (C=O) groups excluding carboxylic acids is 1. The van der Waals surface area contributed by atoms with Gasteiger partial charge in [0, 0.05) is 12.5 Å². The van der Waals surface area contributed by atoms with E-state index in [-0.39, 0.29) is 11.5 Å². The van der Waals surface area contributed by atoms with Crippen LogP contribution in [0.5, 0.6) is 0 Å². The van der Waals surface area contributed by atoms with E-state index in [9.17, 15) is 4.79 Å². The number of halogens is 1. The number of benzene rings is 4. The van der Waals surface area contributed by atoms with Gasteiger partial charge in [-0.05, 0) is 36.4 Å². The molecule has 5 aromatic rings. The molecule has 1 N–H and O–H groups in total. The molecule has 0 aliphatic heterocycles. The van der Waals surface area contributed by atoms with Crippen LogP contribution in [0.4, 0.5) is 0 Å². The van der Waals surface area contributed by atoms with Crippen LogP contribution < -0.4 is 35.3 Å². The first kappa shape index (κ1) is 29.6. The van der Waals surface area contributed by atoms with Gasteiger partial charge in [0.1, 0.15) is 15.9 Å². The van der Waals surface area contributed by atoms with Gasteiger partial charge in [0.2, 0.25) is 5.09 Å². The first-order chi connectivity index (χ1) is 19.2. The zero-order valence-electron chi connectivity index (χ0n) is 21.4. The normalized spacial score (nSPS) is 11.4. The second-order valence-corrected chi connectivity index (χ2v) is 13.5.